The van der Waals surface area contributed by atoms with Crippen molar-refractivity contribution in [3.8, 4) is 56.1 Å². The lowest BCUT2D eigenvalue weighted by atomic mass is 10.0. The number of thiophene rings is 1. The van der Waals surface area contributed by atoms with Gasteiger partial charge in [-0.1, -0.05) is 127 Å². The Morgan fingerprint density at radius 1 is 0.317 bits per heavy atom. The molecule has 294 valence electrons. The number of benzene rings is 8. The second kappa shape index (κ2) is 14.2. The van der Waals surface area contributed by atoms with E-state index in [0.29, 0.717) is 0 Å². The predicted octanol–water partition coefficient (Wildman–Crippen LogP) is 15.7. The van der Waals surface area contributed by atoms with Crippen LogP contribution in [0.2, 0.25) is 0 Å². The maximum atomic E-state index is 5.18. The first-order valence-corrected chi connectivity index (χ1v) is 22.1. The van der Waals surface area contributed by atoms with Gasteiger partial charge in [-0.25, -0.2) is 4.98 Å². The van der Waals surface area contributed by atoms with E-state index in [1.165, 1.54) is 69.6 Å². The Kier molecular flexibility index (Phi) is 8.05. The third kappa shape index (κ3) is 5.82. The summed E-state index contributed by atoms with van der Waals surface area (Å²) in [6, 6.07) is 76.7. The largest absolute Gasteiger partial charge is 0.309 e. The lowest BCUT2D eigenvalue weighted by molar-refractivity contribution is 1.16. The minimum Gasteiger partial charge on any atom is -0.309 e. The zero-order valence-corrected chi connectivity index (χ0v) is 34.8. The molecule has 8 aromatic carbocycles. The third-order valence-electron chi connectivity index (χ3n) is 12.5. The van der Waals surface area contributed by atoms with E-state index in [1.807, 2.05) is 12.3 Å². The smallest absolute Gasteiger partial charge is 0.0888 e. The molecule has 0 aliphatic carbocycles. The van der Waals surface area contributed by atoms with Gasteiger partial charge in [0.15, 0.2) is 0 Å². The normalized spacial score (nSPS) is 11.8. The van der Waals surface area contributed by atoms with Crippen LogP contribution in [0.5, 0.6) is 0 Å². The van der Waals surface area contributed by atoms with E-state index in [2.05, 4.69) is 215 Å². The molecule has 0 bridgehead atoms. The highest BCUT2D eigenvalue weighted by atomic mass is 32.1. The summed E-state index contributed by atoms with van der Waals surface area (Å²) in [6.07, 6.45) is 1.89. The summed E-state index contributed by atoms with van der Waals surface area (Å²) in [5.74, 6) is 0. The van der Waals surface area contributed by atoms with Crippen LogP contribution < -0.4 is 0 Å². The molecule has 63 heavy (non-hydrogen) atoms. The number of aromatic nitrogens is 4. The molecule has 13 rings (SSSR count). The SMILES string of the molecule is c1ccc(-c2cc(-n3c4ccccc4c4cc(-c5ccc6c(c5)c5ccccc5n6-c5cccc(-c6ccc7sc8cccnc8c7c6)c5)ccc43)cc(-c3ccccc3)n2)cc1. The van der Waals surface area contributed by atoms with E-state index in [1.54, 1.807) is 11.3 Å². The van der Waals surface area contributed by atoms with E-state index in [9.17, 15) is 0 Å². The summed E-state index contributed by atoms with van der Waals surface area (Å²) in [7, 11) is 0. The highest BCUT2D eigenvalue weighted by Gasteiger charge is 2.18. The minimum absolute atomic E-state index is 0.944. The van der Waals surface area contributed by atoms with Crippen LogP contribution in [-0.2, 0) is 0 Å². The van der Waals surface area contributed by atoms with Crippen LogP contribution in [0, 0.1) is 0 Å². The summed E-state index contributed by atoms with van der Waals surface area (Å²) in [5, 5.41) is 6.10. The molecule has 0 radical (unpaired) electrons. The van der Waals surface area contributed by atoms with Gasteiger partial charge in [-0.2, -0.15) is 0 Å². The number of pyridine rings is 2. The van der Waals surface area contributed by atoms with Gasteiger partial charge in [0.2, 0.25) is 0 Å². The molecular formula is C58H36N4S. The van der Waals surface area contributed by atoms with Crippen LogP contribution in [0.15, 0.2) is 219 Å². The summed E-state index contributed by atoms with van der Waals surface area (Å²) in [4.78, 5) is 9.91. The second-order valence-electron chi connectivity index (χ2n) is 16.2. The number of nitrogens with zero attached hydrogens (tertiary/aromatic N) is 4. The molecule has 0 aliphatic heterocycles. The van der Waals surface area contributed by atoms with E-state index >= 15 is 0 Å². The van der Waals surface area contributed by atoms with Gasteiger partial charge in [0.1, 0.15) is 0 Å². The average molecular weight is 821 g/mol. The summed E-state index contributed by atoms with van der Waals surface area (Å²) in [6.45, 7) is 0. The molecular weight excluding hydrogens is 785 g/mol. The van der Waals surface area contributed by atoms with Crippen LogP contribution >= 0.6 is 11.3 Å². The van der Waals surface area contributed by atoms with Crippen LogP contribution in [0.3, 0.4) is 0 Å². The monoisotopic (exact) mass is 820 g/mol. The first kappa shape index (κ1) is 35.6. The fourth-order valence-corrected chi connectivity index (χ4v) is 10.7. The fourth-order valence-electron chi connectivity index (χ4n) is 9.62. The Balaban J connectivity index is 0.938. The molecule has 5 heterocycles. The van der Waals surface area contributed by atoms with Gasteiger partial charge in [0.05, 0.1) is 49.4 Å². The Labute approximate surface area is 367 Å². The predicted molar refractivity (Wildman–Crippen MR) is 265 cm³/mol. The van der Waals surface area contributed by atoms with Gasteiger partial charge in [-0.15, -0.1) is 11.3 Å². The van der Waals surface area contributed by atoms with E-state index < -0.39 is 0 Å². The van der Waals surface area contributed by atoms with Crippen molar-refractivity contribution in [2.45, 2.75) is 0 Å². The Hall–Kier alpha value is -8.12. The molecule has 5 heteroatoms. The number of para-hydroxylation sites is 2. The third-order valence-corrected chi connectivity index (χ3v) is 13.7. The minimum atomic E-state index is 0.944. The molecule has 0 atom stereocenters. The molecule has 0 saturated heterocycles. The van der Waals surface area contributed by atoms with Crippen molar-refractivity contribution in [2.75, 3.05) is 0 Å². The van der Waals surface area contributed by atoms with Crippen LogP contribution in [0.1, 0.15) is 0 Å². The summed E-state index contributed by atoms with van der Waals surface area (Å²) in [5.41, 5.74) is 16.8. The molecule has 5 aromatic heterocycles. The van der Waals surface area contributed by atoms with Crippen molar-refractivity contribution in [1.29, 1.82) is 0 Å². The van der Waals surface area contributed by atoms with Crippen molar-refractivity contribution < 1.29 is 0 Å². The van der Waals surface area contributed by atoms with Gasteiger partial charge in [0.25, 0.3) is 0 Å². The van der Waals surface area contributed by atoms with Crippen LogP contribution in [-0.4, -0.2) is 19.1 Å². The number of hydrogen-bond acceptors (Lipinski definition) is 3. The van der Waals surface area contributed by atoms with Gasteiger partial charge in [-0.3, -0.25) is 4.98 Å². The molecule has 0 amide bonds. The standard InChI is InChI=1S/C58H36N4S/c1-3-13-37(14-4-1)50-35-44(36-51(60-50)38-15-5-2-6-16-38)62-53-22-10-8-20-46(53)48-33-41(25-28-55(48)62)40-24-27-54-47(32-40)45-19-7-9-21-52(45)61(54)43-18-11-17-39(31-43)42-26-29-56-49(34-42)58-57(63-56)23-12-30-59-58/h1-36H. The second-order valence-corrected chi connectivity index (χ2v) is 17.3. The zero-order valence-electron chi connectivity index (χ0n) is 34.0. The van der Waals surface area contributed by atoms with E-state index in [-0.39, 0.29) is 0 Å². The maximum absolute atomic E-state index is 5.18. The zero-order chi connectivity index (χ0) is 41.4. The summed E-state index contributed by atoms with van der Waals surface area (Å²) >= 11 is 1.80. The van der Waals surface area contributed by atoms with Gasteiger partial charge < -0.3 is 9.13 Å². The first-order chi connectivity index (χ1) is 31.2. The molecule has 0 unspecified atom stereocenters. The highest BCUT2D eigenvalue weighted by Crippen LogP contribution is 2.41. The van der Waals surface area contributed by atoms with Crippen LogP contribution in [0.25, 0.3) is 120 Å². The molecule has 0 fully saturated rings. The molecule has 4 nitrogen and oxygen atoms in total. The average Bonchev–Trinajstić information content (AvgIpc) is 4.01. The lowest BCUT2D eigenvalue weighted by Crippen LogP contribution is -1.98. The molecule has 0 N–H and O–H groups in total. The van der Waals surface area contributed by atoms with Crippen molar-refractivity contribution in [3.05, 3.63) is 219 Å². The fraction of sp³-hybridized carbons (Fsp3) is 0. The number of rotatable bonds is 6. The van der Waals surface area contributed by atoms with Crippen molar-refractivity contribution in [1.82, 2.24) is 19.1 Å². The van der Waals surface area contributed by atoms with E-state index in [0.717, 1.165) is 50.4 Å². The highest BCUT2D eigenvalue weighted by molar-refractivity contribution is 7.25. The molecule has 13 aromatic rings. The van der Waals surface area contributed by atoms with E-state index in [4.69, 9.17) is 9.97 Å². The quantitative estimate of drug-likeness (QED) is 0.167. The Morgan fingerprint density at radius 3 is 1.46 bits per heavy atom. The maximum Gasteiger partial charge on any atom is 0.0888 e. The molecule has 0 saturated carbocycles. The Morgan fingerprint density at radius 2 is 0.825 bits per heavy atom. The molecule has 0 aliphatic rings. The number of hydrogen-bond donors (Lipinski definition) is 0. The van der Waals surface area contributed by atoms with Crippen molar-refractivity contribution in [3.63, 3.8) is 0 Å². The van der Waals surface area contributed by atoms with Gasteiger partial charge in [0, 0.05) is 54.6 Å². The Bertz CT molecular complexity index is 3860. The van der Waals surface area contributed by atoms with Crippen LogP contribution in [0.4, 0.5) is 0 Å². The number of fused-ring (bicyclic) bond motifs is 9. The first-order valence-electron chi connectivity index (χ1n) is 21.3. The summed E-state index contributed by atoms with van der Waals surface area (Å²) < 4.78 is 7.29. The van der Waals surface area contributed by atoms with Crippen molar-refractivity contribution in [2.24, 2.45) is 0 Å². The van der Waals surface area contributed by atoms with Gasteiger partial charge in [-0.05, 0) is 107 Å². The molecule has 0 spiro atoms. The van der Waals surface area contributed by atoms with Gasteiger partial charge >= 0.3 is 0 Å². The lowest BCUT2D eigenvalue weighted by Gasteiger charge is -2.13. The topological polar surface area (TPSA) is 35.6 Å². The van der Waals surface area contributed by atoms with Crippen molar-refractivity contribution >= 4 is 75.3 Å².